The Labute approximate surface area is 202 Å². The van der Waals surface area contributed by atoms with Gasteiger partial charge in [-0.3, -0.25) is 4.79 Å². The zero-order valence-corrected chi connectivity index (χ0v) is 19.8. The summed E-state index contributed by atoms with van der Waals surface area (Å²) in [6.45, 7) is 0. The number of hydrogen-bond donors (Lipinski definition) is 5. The topological polar surface area (TPSA) is 148 Å². The smallest absolute Gasteiger partial charge is 0.234 e. The molecule has 8 N–H and O–H groups in total. The Kier molecular flexibility index (Phi) is 8.46. The van der Waals surface area contributed by atoms with Gasteiger partial charge in [-0.25, -0.2) is 0 Å². The third kappa shape index (κ3) is 5.48. The molecular formula is C26H30N4O3S. The molecule has 0 aliphatic heterocycles. The van der Waals surface area contributed by atoms with Crippen molar-refractivity contribution in [3.63, 3.8) is 0 Å². The number of thioether (sulfide) groups is 1. The average Bonchev–Trinajstić information content (AvgIpc) is 2.83. The van der Waals surface area contributed by atoms with Crippen molar-refractivity contribution < 1.29 is 15.0 Å². The van der Waals surface area contributed by atoms with Crippen molar-refractivity contribution in [2.45, 2.75) is 18.2 Å². The van der Waals surface area contributed by atoms with Gasteiger partial charge in [-0.05, 0) is 45.2 Å². The molecule has 2 unspecified atom stereocenters. The van der Waals surface area contributed by atoms with Gasteiger partial charge >= 0.3 is 0 Å². The lowest BCUT2D eigenvalue weighted by atomic mass is 9.80. The first-order valence-electron chi connectivity index (χ1n) is 10.8. The predicted molar refractivity (Wildman–Crippen MR) is 140 cm³/mol. The molecule has 0 heterocycles. The number of carbonyl (C=O) groups is 1. The van der Waals surface area contributed by atoms with E-state index in [9.17, 15) is 15.0 Å². The highest BCUT2D eigenvalue weighted by Gasteiger charge is 2.40. The fourth-order valence-corrected chi connectivity index (χ4v) is 4.45. The van der Waals surface area contributed by atoms with E-state index in [-0.39, 0.29) is 0 Å². The molecule has 0 bridgehead atoms. The number of carbonyl (C=O) groups excluding carboxylic acids is 1. The largest absolute Gasteiger partial charge is 0.368 e. The van der Waals surface area contributed by atoms with Gasteiger partial charge in [0.05, 0.1) is 12.0 Å². The van der Waals surface area contributed by atoms with Crippen LogP contribution in [0.1, 0.15) is 12.0 Å². The van der Waals surface area contributed by atoms with Crippen molar-refractivity contribution in [3.8, 4) is 0 Å². The van der Waals surface area contributed by atoms with Gasteiger partial charge in [-0.2, -0.15) is 16.9 Å². The Morgan fingerprint density at radius 2 is 1.79 bits per heavy atom. The minimum Gasteiger partial charge on any atom is -0.368 e. The van der Waals surface area contributed by atoms with Crippen LogP contribution in [0.4, 0.5) is 0 Å². The minimum absolute atomic E-state index is 0.413. The van der Waals surface area contributed by atoms with Crippen LogP contribution in [-0.2, 0) is 4.79 Å². The second-order valence-electron chi connectivity index (χ2n) is 8.00. The standard InChI is InChI=1S/C21H18N2O2.C5H12N2OS/c22-23-13-16-12-15-7-2-4-10-18(15)20(21(16,24)25)19-11-5-8-14-6-1-3-9-17(14)19;1-9-3-2-4(6)5(7)8/h1-13,16,24-25H,22H2;4H,2-3,6H2,1H3,(H2,7,8)/b23-13+;. The molecule has 2 atom stereocenters. The quantitative estimate of drug-likeness (QED) is 0.152. The molecule has 0 saturated carbocycles. The maximum Gasteiger partial charge on any atom is 0.234 e. The van der Waals surface area contributed by atoms with Crippen molar-refractivity contribution >= 4 is 46.3 Å². The number of nitrogens with zero attached hydrogens (tertiary/aromatic N) is 1. The molecule has 0 radical (unpaired) electrons. The highest BCUT2D eigenvalue weighted by Crippen LogP contribution is 2.34. The molecule has 0 fully saturated rings. The summed E-state index contributed by atoms with van der Waals surface area (Å²) in [6, 6.07) is 21.0. The highest BCUT2D eigenvalue weighted by atomic mass is 32.2. The van der Waals surface area contributed by atoms with Crippen LogP contribution in [-0.4, -0.2) is 46.2 Å². The molecule has 1 aliphatic carbocycles. The number of nitrogens with two attached hydrogens (primary N) is 3. The molecule has 178 valence electrons. The van der Waals surface area contributed by atoms with E-state index in [0.717, 1.165) is 32.5 Å². The normalized spacial score (nSPS) is 17.4. The number of hydrazone groups is 1. The fraction of sp³-hybridized carbons (Fsp3) is 0.231. The number of primary amides is 1. The number of aliphatic hydroxyl groups is 2. The van der Waals surface area contributed by atoms with Crippen molar-refractivity contribution in [1.82, 2.24) is 0 Å². The molecule has 4 rings (SSSR count). The van der Waals surface area contributed by atoms with Crippen LogP contribution in [0.25, 0.3) is 22.4 Å². The van der Waals surface area contributed by atoms with Crippen LogP contribution in [0, 0.1) is 5.92 Å². The molecule has 3 aromatic rings. The molecule has 3 aromatic carbocycles. The second-order valence-corrected chi connectivity index (χ2v) is 8.98. The predicted octanol–water partition coefficient (Wildman–Crippen LogP) is 0.627. The van der Waals surface area contributed by atoms with Gasteiger partial charge in [0.25, 0.3) is 0 Å². The monoisotopic (exact) mass is 478 g/mol. The van der Waals surface area contributed by atoms with Crippen LogP contribution >= 0.6 is 11.8 Å². The number of hydrogen-bond acceptors (Lipinski definition) is 7. The van der Waals surface area contributed by atoms with E-state index in [2.05, 4.69) is 5.10 Å². The summed E-state index contributed by atoms with van der Waals surface area (Å²) in [5.74, 6) is 2.93. The van der Waals surface area contributed by atoms with Gasteiger partial charge in [0, 0.05) is 11.8 Å². The van der Waals surface area contributed by atoms with Crippen molar-refractivity contribution in [3.05, 3.63) is 82.7 Å². The summed E-state index contributed by atoms with van der Waals surface area (Å²) in [5.41, 5.74) is 11.5. The summed E-state index contributed by atoms with van der Waals surface area (Å²) in [5, 5.41) is 29.3. The maximum atomic E-state index is 11.0. The van der Waals surface area contributed by atoms with Crippen molar-refractivity contribution in [2.75, 3.05) is 12.0 Å². The fourth-order valence-electron chi connectivity index (χ4n) is 3.96. The van der Waals surface area contributed by atoms with Crippen molar-refractivity contribution in [1.29, 1.82) is 0 Å². The zero-order chi connectivity index (χ0) is 24.7. The molecule has 7 nitrogen and oxygen atoms in total. The summed E-state index contributed by atoms with van der Waals surface area (Å²) in [7, 11) is 0. The summed E-state index contributed by atoms with van der Waals surface area (Å²) in [6.07, 6.45) is 5.78. The van der Waals surface area contributed by atoms with Crippen LogP contribution in [0.15, 0.2) is 71.8 Å². The lowest BCUT2D eigenvalue weighted by molar-refractivity contribution is -0.119. The summed E-state index contributed by atoms with van der Waals surface area (Å²) in [4.78, 5) is 10.3. The first-order chi connectivity index (χ1) is 16.3. The van der Waals surface area contributed by atoms with Gasteiger partial charge < -0.3 is 27.5 Å². The van der Waals surface area contributed by atoms with Gasteiger partial charge in [0.1, 0.15) is 0 Å². The SMILES string of the molecule is CSCCC(N)C(N)=O.N/N=C/C1C=c2ccccc2=C(c2cccc3ccccc23)C1(O)O. The third-order valence-corrected chi connectivity index (χ3v) is 6.37. The van der Waals surface area contributed by atoms with Crippen LogP contribution < -0.4 is 27.7 Å². The Morgan fingerprint density at radius 1 is 1.12 bits per heavy atom. The molecule has 34 heavy (non-hydrogen) atoms. The molecule has 1 aliphatic rings. The minimum atomic E-state index is -2.11. The van der Waals surface area contributed by atoms with Crippen LogP contribution in [0.3, 0.4) is 0 Å². The van der Waals surface area contributed by atoms with E-state index in [1.165, 1.54) is 6.21 Å². The zero-order valence-electron chi connectivity index (χ0n) is 19.0. The van der Waals surface area contributed by atoms with Crippen LogP contribution in [0.2, 0.25) is 0 Å². The van der Waals surface area contributed by atoms with Gasteiger partial charge in [-0.15, -0.1) is 0 Å². The van der Waals surface area contributed by atoms with Gasteiger partial charge in [0.15, 0.2) is 0 Å². The lowest BCUT2D eigenvalue weighted by Crippen LogP contribution is -2.49. The third-order valence-electron chi connectivity index (χ3n) is 5.73. The molecular weight excluding hydrogens is 448 g/mol. The number of fused-ring (bicyclic) bond motifs is 2. The van der Waals surface area contributed by atoms with Crippen LogP contribution in [0.5, 0.6) is 0 Å². The highest BCUT2D eigenvalue weighted by molar-refractivity contribution is 7.98. The van der Waals surface area contributed by atoms with Gasteiger partial charge in [0.2, 0.25) is 11.7 Å². The average molecular weight is 479 g/mol. The van der Waals surface area contributed by atoms with E-state index in [0.29, 0.717) is 12.0 Å². The Balaban J connectivity index is 0.000000309. The first-order valence-corrected chi connectivity index (χ1v) is 12.2. The van der Waals surface area contributed by atoms with E-state index >= 15 is 0 Å². The number of rotatable bonds is 6. The summed E-state index contributed by atoms with van der Waals surface area (Å²) >= 11 is 1.66. The summed E-state index contributed by atoms with van der Waals surface area (Å²) < 4.78 is 0. The molecule has 8 heteroatoms. The van der Waals surface area contributed by atoms with Crippen molar-refractivity contribution in [2.24, 2.45) is 28.3 Å². The lowest BCUT2D eigenvalue weighted by Gasteiger charge is -2.33. The maximum absolute atomic E-state index is 11.0. The molecule has 0 aromatic heterocycles. The molecule has 0 saturated heterocycles. The Bertz CT molecular complexity index is 1300. The van der Waals surface area contributed by atoms with E-state index < -0.39 is 23.7 Å². The first kappa shape index (κ1) is 25.5. The Morgan fingerprint density at radius 3 is 2.50 bits per heavy atom. The number of benzene rings is 3. The van der Waals surface area contributed by atoms with E-state index in [4.69, 9.17) is 17.3 Å². The molecule has 0 spiro atoms. The Hall–Kier alpha value is -3.17. The van der Waals surface area contributed by atoms with E-state index in [1.807, 2.05) is 73.0 Å². The number of amides is 1. The van der Waals surface area contributed by atoms with Gasteiger partial charge in [-0.1, -0.05) is 72.8 Å². The molecule has 1 amide bonds. The van der Waals surface area contributed by atoms with E-state index in [1.54, 1.807) is 17.8 Å². The second kappa shape index (κ2) is 11.3.